The van der Waals surface area contributed by atoms with E-state index in [4.69, 9.17) is 4.52 Å². The van der Waals surface area contributed by atoms with Gasteiger partial charge in [-0.3, -0.25) is 9.48 Å². The summed E-state index contributed by atoms with van der Waals surface area (Å²) in [6.07, 6.45) is 5.08. The number of amides is 1. The number of anilines is 2. The lowest BCUT2D eigenvalue weighted by Crippen LogP contribution is -2.35. The van der Waals surface area contributed by atoms with Crippen LogP contribution in [-0.4, -0.2) is 37.3 Å². The summed E-state index contributed by atoms with van der Waals surface area (Å²) in [5.74, 6) is 1.71. The molecule has 0 unspecified atom stereocenters. The maximum absolute atomic E-state index is 12.6. The topological polar surface area (TPSA) is 89.1 Å². The number of nitrogens with one attached hydrogen (secondary N) is 1. The number of para-hydroxylation sites is 1. The number of hydrogen-bond acceptors (Lipinski definition) is 6. The molecule has 0 bridgehead atoms. The summed E-state index contributed by atoms with van der Waals surface area (Å²) in [7, 11) is 0. The number of aromatic nitrogens is 4. The van der Waals surface area contributed by atoms with E-state index in [-0.39, 0.29) is 5.91 Å². The summed E-state index contributed by atoms with van der Waals surface area (Å²) in [4.78, 5) is 18.4. The van der Waals surface area contributed by atoms with E-state index in [0.29, 0.717) is 38.3 Å². The molecular weight excluding hydrogens is 356 g/mol. The van der Waals surface area contributed by atoms with Gasteiger partial charge in [0.25, 0.3) is 0 Å². The molecule has 0 fully saturated rings. The van der Waals surface area contributed by atoms with Gasteiger partial charge in [0.1, 0.15) is 18.4 Å². The van der Waals surface area contributed by atoms with Gasteiger partial charge in [-0.15, -0.1) is 0 Å². The van der Waals surface area contributed by atoms with Crippen LogP contribution in [0.3, 0.4) is 0 Å². The Balaban J connectivity index is 1.42. The van der Waals surface area contributed by atoms with Crippen LogP contribution in [0, 0.1) is 13.8 Å². The number of rotatable bonds is 6. The molecule has 3 heterocycles. The minimum Gasteiger partial charge on any atom is -0.359 e. The standard InChI is InChI=1S/C20H24N6O2/c1-14-5-3-6-15(2)19(14)23-20-16-11-25(10-8-17(16)28-24-20)18(27)7-4-9-26-13-21-12-22-26/h3,5-6,12-13H,4,7-11H2,1-2H3,(H,23,24). The molecule has 0 radical (unpaired) electrons. The van der Waals surface area contributed by atoms with Crippen LogP contribution in [0.15, 0.2) is 35.4 Å². The van der Waals surface area contributed by atoms with Gasteiger partial charge in [-0.25, -0.2) is 4.98 Å². The molecule has 0 saturated carbocycles. The van der Waals surface area contributed by atoms with Gasteiger partial charge in [-0.05, 0) is 31.4 Å². The summed E-state index contributed by atoms with van der Waals surface area (Å²) in [6.45, 7) is 6.00. The SMILES string of the molecule is Cc1cccc(C)c1Nc1noc2c1CN(C(=O)CCCn1cncn1)CC2. The molecule has 0 saturated heterocycles. The van der Waals surface area contributed by atoms with Crippen molar-refractivity contribution in [3.05, 3.63) is 53.3 Å². The van der Waals surface area contributed by atoms with Gasteiger partial charge < -0.3 is 14.7 Å². The Morgan fingerprint density at radius 2 is 2.11 bits per heavy atom. The number of aryl methyl sites for hydroxylation is 3. The van der Waals surface area contributed by atoms with Crippen molar-refractivity contribution in [2.24, 2.45) is 0 Å². The van der Waals surface area contributed by atoms with Crippen LogP contribution in [-0.2, 0) is 24.3 Å². The third kappa shape index (κ3) is 3.76. The Hall–Kier alpha value is -3.16. The molecule has 1 aliphatic heterocycles. The Morgan fingerprint density at radius 3 is 2.86 bits per heavy atom. The van der Waals surface area contributed by atoms with Crippen LogP contribution in [0.5, 0.6) is 0 Å². The van der Waals surface area contributed by atoms with E-state index in [1.165, 1.54) is 6.33 Å². The third-order valence-corrected chi connectivity index (χ3v) is 5.15. The van der Waals surface area contributed by atoms with Gasteiger partial charge in [-0.2, -0.15) is 5.10 Å². The van der Waals surface area contributed by atoms with Crippen LogP contribution in [0.4, 0.5) is 11.5 Å². The maximum atomic E-state index is 12.6. The van der Waals surface area contributed by atoms with Crippen molar-refractivity contribution in [2.45, 2.75) is 46.2 Å². The molecule has 4 rings (SSSR count). The second-order valence-electron chi connectivity index (χ2n) is 7.15. The lowest BCUT2D eigenvalue weighted by Gasteiger charge is -2.26. The fraction of sp³-hybridized carbons (Fsp3) is 0.400. The highest BCUT2D eigenvalue weighted by molar-refractivity contribution is 5.77. The fourth-order valence-corrected chi connectivity index (χ4v) is 3.55. The van der Waals surface area contributed by atoms with Crippen LogP contribution < -0.4 is 5.32 Å². The highest BCUT2D eigenvalue weighted by Gasteiger charge is 2.27. The zero-order valence-corrected chi connectivity index (χ0v) is 16.2. The zero-order valence-electron chi connectivity index (χ0n) is 16.2. The fourth-order valence-electron chi connectivity index (χ4n) is 3.55. The van der Waals surface area contributed by atoms with Crippen LogP contribution >= 0.6 is 0 Å². The largest absolute Gasteiger partial charge is 0.359 e. The molecule has 1 N–H and O–H groups in total. The van der Waals surface area contributed by atoms with Crippen molar-refractivity contribution in [3.63, 3.8) is 0 Å². The average molecular weight is 380 g/mol. The Labute approximate surface area is 163 Å². The summed E-state index contributed by atoms with van der Waals surface area (Å²) < 4.78 is 7.27. The summed E-state index contributed by atoms with van der Waals surface area (Å²) >= 11 is 0. The zero-order chi connectivity index (χ0) is 19.5. The van der Waals surface area contributed by atoms with E-state index in [9.17, 15) is 4.79 Å². The van der Waals surface area contributed by atoms with E-state index in [1.807, 2.05) is 11.0 Å². The van der Waals surface area contributed by atoms with E-state index in [0.717, 1.165) is 34.6 Å². The van der Waals surface area contributed by atoms with E-state index in [1.54, 1.807) is 11.0 Å². The molecule has 1 aliphatic rings. The van der Waals surface area contributed by atoms with Gasteiger partial charge >= 0.3 is 0 Å². The number of benzene rings is 1. The molecule has 0 atom stereocenters. The van der Waals surface area contributed by atoms with Gasteiger partial charge in [0, 0.05) is 31.6 Å². The van der Waals surface area contributed by atoms with Crippen molar-refractivity contribution in [3.8, 4) is 0 Å². The van der Waals surface area contributed by atoms with Gasteiger partial charge in [0.05, 0.1) is 12.1 Å². The van der Waals surface area contributed by atoms with Gasteiger partial charge in [-0.1, -0.05) is 23.4 Å². The Bertz CT molecular complexity index is 943. The van der Waals surface area contributed by atoms with Crippen molar-refractivity contribution in [1.29, 1.82) is 0 Å². The lowest BCUT2D eigenvalue weighted by atomic mass is 10.1. The molecule has 0 aliphatic carbocycles. The molecule has 2 aromatic heterocycles. The van der Waals surface area contributed by atoms with Crippen molar-refractivity contribution in [2.75, 3.05) is 11.9 Å². The molecule has 0 spiro atoms. The number of carbonyl (C=O) groups excluding carboxylic acids is 1. The first-order chi connectivity index (χ1) is 13.6. The number of fused-ring (bicyclic) bond motifs is 1. The van der Waals surface area contributed by atoms with Crippen molar-refractivity contribution < 1.29 is 9.32 Å². The minimum atomic E-state index is 0.144. The monoisotopic (exact) mass is 380 g/mol. The van der Waals surface area contributed by atoms with Crippen molar-refractivity contribution >= 4 is 17.4 Å². The van der Waals surface area contributed by atoms with Gasteiger partial charge in [0.15, 0.2) is 5.82 Å². The normalized spacial score (nSPS) is 13.4. The molecule has 1 amide bonds. The molecule has 146 valence electrons. The predicted octanol–water partition coefficient (Wildman–Crippen LogP) is 2.99. The number of nitrogens with zero attached hydrogens (tertiary/aromatic N) is 5. The second-order valence-corrected chi connectivity index (χ2v) is 7.15. The third-order valence-electron chi connectivity index (χ3n) is 5.15. The predicted molar refractivity (Wildman–Crippen MR) is 104 cm³/mol. The second kappa shape index (κ2) is 7.84. The number of carbonyl (C=O) groups is 1. The molecular formula is C20H24N6O2. The molecule has 3 aromatic rings. The first kappa shape index (κ1) is 18.2. The summed E-state index contributed by atoms with van der Waals surface area (Å²) in [5.41, 5.74) is 4.30. The first-order valence-corrected chi connectivity index (χ1v) is 9.52. The van der Waals surface area contributed by atoms with E-state index in [2.05, 4.69) is 46.5 Å². The quantitative estimate of drug-likeness (QED) is 0.707. The average Bonchev–Trinajstić information content (AvgIpc) is 3.34. The lowest BCUT2D eigenvalue weighted by molar-refractivity contribution is -0.132. The highest BCUT2D eigenvalue weighted by atomic mass is 16.5. The van der Waals surface area contributed by atoms with Crippen molar-refractivity contribution in [1.82, 2.24) is 24.8 Å². The Morgan fingerprint density at radius 1 is 1.29 bits per heavy atom. The Kier molecular flexibility index (Phi) is 5.10. The number of hydrogen-bond donors (Lipinski definition) is 1. The van der Waals surface area contributed by atoms with Gasteiger partial charge in [0.2, 0.25) is 5.91 Å². The van der Waals surface area contributed by atoms with Crippen LogP contribution in [0.2, 0.25) is 0 Å². The maximum Gasteiger partial charge on any atom is 0.222 e. The highest BCUT2D eigenvalue weighted by Crippen LogP contribution is 2.31. The molecule has 8 heteroatoms. The summed E-state index contributed by atoms with van der Waals surface area (Å²) in [6, 6.07) is 6.16. The summed E-state index contributed by atoms with van der Waals surface area (Å²) in [5, 5.41) is 11.7. The smallest absolute Gasteiger partial charge is 0.222 e. The molecule has 1 aromatic carbocycles. The van der Waals surface area contributed by atoms with E-state index >= 15 is 0 Å². The first-order valence-electron chi connectivity index (χ1n) is 9.52. The van der Waals surface area contributed by atoms with Crippen LogP contribution in [0.25, 0.3) is 0 Å². The van der Waals surface area contributed by atoms with E-state index < -0.39 is 0 Å². The molecule has 28 heavy (non-hydrogen) atoms. The molecule has 8 nitrogen and oxygen atoms in total. The van der Waals surface area contributed by atoms with Crippen LogP contribution in [0.1, 0.15) is 35.3 Å². The minimum absolute atomic E-state index is 0.144.